The number of thioether (sulfide) groups is 1. The first kappa shape index (κ1) is 19.8. The molecule has 30 heavy (non-hydrogen) atoms. The van der Waals surface area contributed by atoms with Crippen molar-refractivity contribution in [2.24, 2.45) is 0 Å². The number of rotatable bonds is 6. The highest BCUT2D eigenvalue weighted by Gasteiger charge is 2.16. The molecule has 0 aliphatic carbocycles. The molecule has 0 aliphatic rings. The Bertz CT molecular complexity index is 1270. The number of aromatic nitrogens is 2. The molecular formula is C23H20N4O2S. The third kappa shape index (κ3) is 3.82. The highest BCUT2D eigenvalue weighted by Crippen LogP contribution is 2.29. The minimum atomic E-state index is -0.108. The molecule has 150 valence electrons. The van der Waals surface area contributed by atoms with Crippen molar-refractivity contribution in [3.8, 4) is 11.8 Å². The van der Waals surface area contributed by atoms with Crippen molar-refractivity contribution in [2.45, 2.75) is 18.9 Å². The lowest BCUT2D eigenvalue weighted by molar-refractivity contribution is -0.113. The summed E-state index contributed by atoms with van der Waals surface area (Å²) >= 11 is 1.42. The number of pyridine rings is 1. The summed E-state index contributed by atoms with van der Waals surface area (Å²) in [6.07, 6.45) is 0. The molecule has 0 spiro atoms. The van der Waals surface area contributed by atoms with E-state index in [1.54, 1.807) is 0 Å². The van der Waals surface area contributed by atoms with E-state index >= 15 is 0 Å². The highest BCUT2D eigenvalue weighted by atomic mass is 32.2. The van der Waals surface area contributed by atoms with E-state index in [0.717, 1.165) is 33.1 Å². The van der Waals surface area contributed by atoms with E-state index in [-0.39, 0.29) is 11.7 Å². The second-order valence-electron chi connectivity index (χ2n) is 6.71. The molecule has 0 unspecified atom stereocenters. The molecule has 4 aromatic rings. The second kappa shape index (κ2) is 8.47. The van der Waals surface area contributed by atoms with Gasteiger partial charge in [0.15, 0.2) is 5.65 Å². The summed E-state index contributed by atoms with van der Waals surface area (Å²) in [7, 11) is 0. The summed E-state index contributed by atoms with van der Waals surface area (Å²) in [5.74, 6) is 0.899. The van der Waals surface area contributed by atoms with Crippen molar-refractivity contribution in [1.82, 2.24) is 9.38 Å². The molecule has 0 atom stereocenters. The number of ether oxygens (including phenoxy) is 1. The summed E-state index contributed by atoms with van der Waals surface area (Å²) in [6.45, 7) is 4.42. The Labute approximate surface area is 178 Å². The van der Waals surface area contributed by atoms with Gasteiger partial charge in [-0.3, -0.25) is 9.20 Å². The summed E-state index contributed by atoms with van der Waals surface area (Å²) in [5.41, 5.74) is 4.47. The molecule has 1 N–H and O–H groups in total. The van der Waals surface area contributed by atoms with Crippen LogP contribution in [-0.4, -0.2) is 27.7 Å². The van der Waals surface area contributed by atoms with Crippen LogP contribution in [0, 0.1) is 18.3 Å². The predicted octanol–water partition coefficient (Wildman–Crippen LogP) is 4.80. The van der Waals surface area contributed by atoms with Crippen LogP contribution in [0.2, 0.25) is 0 Å². The molecule has 0 radical (unpaired) electrons. The second-order valence-corrected chi connectivity index (χ2v) is 7.70. The largest absolute Gasteiger partial charge is 0.494 e. The van der Waals surface area contributed by atoms with E-state index in [9.17, 15) is 10.1 Å². The first-order chi connectivity index (χ1) is 14.6. The Kier molecular flexibility index (Phi) is 5.59. The van der Waals surface area contributed by atoms with Crippen LogP contribution in [0.4, 0.5) is 5.69 Å². The first-order valence-corrected chi connectivity index (χ1v) is 10.6. The molecule has 0 fully saturated rings. The number of para-hydroxylation sites is 2. The number of nitriles is 1. The topological polar surface area (TPSA) is 79.4 Å². The van der Waals surface area contributed by atoms with Crippen molar-refractivity contribution in [3.05, 3.63) is 65.7 Å². The molecule has 2 aromatic heterocycles. The number of nitrogens with one attached hydrogen (secondary N) is 1. The number of nitrogens with zero attached hydrogens (tertiary/aromatic N) is 3. The zero-order valence-corrected chi connectivity index (χ0v) is 17.5. The SMILES string of the molecule is CCOc1ccc(NC(=O)CSc2cc(C)c(C#N)c3nc4ccccc4n23)cc1. The summed E-state index contributed by atoms with van der Waals surface area (Å²) in [5, 5.41) is 13.4. The minimum Gasteiger partial charge on any atom is -0.494 e. The smallest absolute Gasteiger partial charge is 0.234 e. The lowest BCUT2D eigenvalue weighted by Crippen LogP contribution is -2.14. The van der Waals surface area contributed by atoms with E-state index in [1.807, 2.05) is 72.8 Å². The molecule has 0 aliphatic heterocycles. The van der Waals surface area contributed by atoms with Crippen LogP contribution in [0.1, 0.15) is 18.1 Å². The third-order valence-corrected chi connectivity index (χ3v) is 5.65. The van der Waals surface area contributed by atoms with Crippen LogP contribution in [-0.2, 0) is 4.79 Å². The Balaban J connectivity index is 1.58. The number of benzene rings is 2. The number of amides is 1. The third-order valence-electron chi connectivity index (χ3n) is 4.65. The summed E-state index contributed by atoms with van der Waals surface area (Å²) in [4.78, 5) is 17.1. The molecule has 2 heterocycles. The zero-order chi connectivity index (χ0) is 21.1. The van der Waals surface area contributed by atoms with E-state index in [0.29, 0.717) is 17.8 Å². The van der Waals surface area contributed by atoms with Crippen molar-refractivity contribution >= 4 is 40.0 Å². The average molecular weight is 417 g/mol. The van der Waals surface area contributed by atoms with Gasteiger partial charge in [0.2, 0.25) is 5.91 Å². The van der Waals surface area contributed by atoms with Crippen LogP contribution in [0.25, 0.3) is 16.7 Å². The number of anilines is 1. The van der Waals surface area contributed by atoms with Crippen LogP contribution < -0.4 is 10.1 Å². The number of fused-ring (bicyclic) bond motifs is 3. The van der Waals surface area contributed by atoms with Crippen LogP contribution in [0.15, 0.2) is 59.6 Å². The standard InChI is InChI=1S/C23H20N4O2S/c1-3-29-17-10-8-16(9-11-17)25-21(28)14-30-22-12-15(2)18(13-24)23-26-19-6-4-5-7-20(19)27(22)23/h4-12H,3,14H2,1-2H3,(H,25,28). The van der Waals surface area contributed by atoms with Gasteiger partial charge in [-0.15, -0.1) is 0 Å². The van der Waals surface area contributed by atoms with Gasteiger partial charge in [-0.1, -0.05) is 23.9 Å². The zero-order valence-electron chi connectivity index (χ0n) is 16.7. The maximum atomic E-state index is 12.5. The van der Waals surface area contributed by atoms with Gasteiger partial charge in [-0.25, -0.2) is 4.98 Å². The number of hydrogen-bond acceptors (Lipinski definition) is 5. The molecule has 0 bridgehead atoms. The Morgan fingerprint density at radius 1 is 1.23 bits per heavy atom. The first-order valence-electron chi connectivity index (χ1n) is 9.57. The van der Waals surface area contributed by atoms with Gasteiger partial charge in [0.1, 0.15) is 11.8 Å². The summed E-state index contributed by atoms with van der Waals surface area (Å²) < 4.78 is 7.38. The number of aryl methyl sites for hydroxylation is 1. The molecule has 7 heteroatoms. The van der Waals surface area contributed by atoms with Gasteiger partial charge in [0.05, 0.1) is 34.0 Å². The maximum absolute atomic E-state index is 12.5. The van der Waals surface area contributed by atoms with Gasteiger partial charge in [-0.05, 0) is 61.9 Å². The van der Waals surface area contributed by atoms with Crippen molar-refractivity contribution < 1.29 is 9.53 Å². The van der Waals surface area contributed by atoms with Gasteiger partial charge in [-0.2, -0.15) is 5.26 Å². The molecule has 4 rings (SSSR count). The summed E-state index contributed by atoms with van der Waals surface area (Å²) in [6, 6.07) is 19.2. The van der Waals surface area contributed by atoms with E-state index in [4.69, 9.17) is 4.74 Å². The highest BCUT2D eigenvalue weighted by molar-refractivity contribution is 7.99. The van der Waals surface area contributed by atoms with Crippen molar-refractivity contribution in [1.29, 1.82) is 5.26 Å². The maximum Gasteiger partial charge on any atom is 0.234 e. The lowest BCUT2D eigenvalue weighted by Gasteiger charge is -2.10. The van der Waals surface area contributed by atoms with Crippen LogP contribution in [0.5, 0.6) is 5.75 Å². The Morgan fingerprint density at radius 2 is 2.00 bits per heavy atom. The van der Waals surface area contributed by atoms with Crippen molar-refractivity contribution in [2.75, 3.05) is 17.7 Å². The molecule has 0 saturated heterocycles. The van der Waals surface area contributed by atoms with Crippen molar-refractivity contribution in [3.63, 3.8) is 0 Å². The average Bonchev–Trinajstić information content (AvgIpc) is 3.13. The molecule has 1 amide bonds. The predicted molar refractivity (Wildman–Crippen MR) is 119 cm³/mol. The van der Waals surface area contributed by atoms with E-state index in [2.05, 4.69) is 16.4 Å². The molecule has 2 aromatic carbocycles. The van der Waals surface area contributed by atoms with Crippen LogP contribution in [0.3, 0.4) is 0 Å². The minimum absolute atomic E-state index is 0.108. The molecular weight excluding hydrogens is 396 g/mol. The fourth-order valence-corrected chi connectivity index (χ4v) is 4.22. The van der Waals surface area contributed by atoms with Gasteiger partial charge in [0, 0.05) is 5.69 Å². The lowest BCUT2D eigenvalue weighted by atomic mass is 10.2. The van der Waals surface area contributed by atoms with E-state index < -0.39 is 0 Å². The number of carbonyl (C=O) groups excluding carboxylic acids is 1. The Hall–Kier alpha value is -3.50. The fraction of sp³-hybridized carbons (Fsp3) is 0.174. The van der Waals surface area contributed by atoms with Crippen LogP contribution >= 0.6 is 11.8 Å². The molecule has 6 nitrogen and oxygen atoms in total. The Morgan fingerprint density at radius 3 is 2.73 bits per heavy atom. The van der Waals surface area contributed by atoms with Gasteiger partial charge < -0.3 is 10.1 Å². The molecule has 0 saturated carbocycles. The number of hydrogen-bond donors (Lipinski definition) is 1. The fourth-order valence-electron chi connectivity index (χ4n) is 3.30. The van der Waals surface area contributed by atoms with E-state index in [1.165, 1.54) is 11.8 Å². The normalized spacial score (nSPS) is 10.8. The number of carbonyl (C=O) groups is 1. The monoisotopic (exact) mass is 416 g/mol. The quantitative estimate of drug-likeness (QED) is 0.457. The van der Waals surface area contributed by atoms with Gasteiger partial charge >= 0.3 is 0 Å². The van der Waals surface area contributed by atoms with Gasteiger partial charge in [0.25, 0.3) is 0 Å². The number of imidazole rings is 1.